The van der Waals surface area contributed by atoms with Crippen LogP contribution in [0, 0.1) is 0 Å². The number of carboxylic acid groups (broad SMARTS) is 1. The summed E-state index contributed by atoms with van der Waals surface area (Å²) in [5, 5.41) is 15.3. The monoisotopic (exact) mass is 680 g/mol. The summed E-state index contributed by atoms with van der Waals surface area (Å²) in [6, 6.07) is 25.7. The van der Waals surface area contributed by atoms with Crippen LogP contribution in [0.1, 0.15) is 83.7 Å². The predicted octanol–water partition coefficient (Wildman–Crippen LogP) is 7.43. The van der Waals surface area contributed by atoms with E-state index in [9.17, 15) is 24.3 Å². The molecule has 0 aliphatic carbocycles. The maximum absolute atomic E-state index is 13.0. The van der Waals surface area contributed by atoms with Gasteiger partial charge in [0, 0.05) is 17.7 Å². The van der Waals surface area contributed by atoms with Crippen molar-refractivity contribution in [2.24, 2.45) is 0 Å². The Hall–Kier alpha value is -5.64. The van der Waals surface area contributed by atoms with E-state index in [1.165, 1.54) is 44.6 Å². The lowest BCUT2D eigenvalue weighted by molar-refractivity contribution is -0.139. The van der Waals surface area contributed by atoms with Crippen LogP contribution in [0.3, 0.4) is 0 Å². The third kappa shape index (κ3) is 10.9. The van der Waals surface area contributed by atoms with Gasteiger partial charge in [-0.05, 0) is 85.1 Å². The van der Waals surface area contributed by atoms with Gasteiger partial charge in [-0.1, -0.05) is 69.0 Å². The number of nitrogens with one attached hydrogen (secondary N) is 2. The first-order valence-electron chi connectivity index (χ1n) is 16.8. The highest BCUT2D eigenvalue weighted by molar-refractivity contribution is 5.98. The number of amides is 2. The molecule has 4 aromatic rings. The molecule has 0 aliphatic heterocycles. The molecule has 3 N–H and O–H groups in total. The van der Waals surface area contributed by atoms with E-state index in [2.05, 4.69) is 17.6 Å². The first-order chi connectivity index (χ1) is 24.2. The maximum Gasteiger partial charge on any atom is 0.343 e. The summed E-state index contributed by atoms with van der Waals surface area (Å²) in [6.45, 7) is 4.60. The summed E-state index contributed by atoms with van der Waals surface area (Å²) < 4.78 is 16.8. The highest BCUT2D eigenvalue weighted by Gasteiger charge is 2.23. The molecule has 2 amide bonds. The van der Waals surface area contributed by atoms with E-state index in [0.717, 1.165) is 18.4 Å². The fourth-order valence-electron chi connectivity index (χ4n) is 5.19. The van der Waals surface area contributed by atoms with E-state index in [1.807, 2.05) is 30.3 Å². The van der Waals surface area contributed by atoms with Gasteiger partial charge in [-0.2, -0.15) is 0 Å². The van der Waals surface area contributed by atoms with Gasteiger partial charge in [0.25, 0.3) is 5.91 Å². The SMILES string of the molecule is CCCCCCCOc1ccc(C(=O)Oc2ccc(CC(NC(=O)c3ccc(NC(=O)C(C)c4ccccc4)cc3)C(=O)O)cc2OC)cc1. The Morgan fingerprint density at radius 3 is 2.12 bits per heavy atom. The van der Waals surface area contributed by atoms with Crippen molar-refractivity contribution >= 4 is 29.4 Å². The highest BCUT2D eigenvalue weighted by atomic mass is 16.6. The zero-order valence-corrected chi connectivity index (χ0v) is 28.6. The van der Waals surface area contributed by atoms with Crippen LogP contribution in [0.15, 0.2) is 97.1 Å². The van der Waals surface area contributed by atoms with Crippen molar-refractivity contribution < 1.29 is 38.5 Å². The minimum absolute atomic E-state index is 0.0583. The molecule has 10 heteroatoms. The molecule has 0 fully saturated rings. The Kier molecular flexibility index (Phi) is 14.0. The number of hydrogen-bond donors (Lipinski definition) is 3. The number of aliphatic carboxylic acids is 1. The van der Waals surface area contributed by atoms with Crippen LogP contribution in [0.4, 0.5) is 5.69 Å². The van der Waals surface area contributed by atoms with E-state index < -0.39 is 23.9 Å². The highest BCUT2D eigenvalue weighted by Crippen LogP contribution is 2.30. The number of anilines is 1. The molecule has 0 heterocycles. The Labute approximate surface area is 292 Å². The van der Waals surface area contributed by atoms with Crippen molar-refractivity contribution in [3.8, 4) is 17.2 Å². The van der Waals surface area contributed by atoms with Gasteiger partial charge in [-0.15, -0.1) is 0 Å². The number of benzene rings is 4. The van der Waals surface area contributed by atoms with Crippen LogP contribution in [-0.2, 0) is 16.0 Å². The molecular weight excluding hydrogens is 636 g/mol. The van der Waals surface area contributed by atoms with Crippen molar-refractivity contribution in [1.82, 2.24) is 5.32 Å². The number of ether oxygens (including phenoxy) is 3. The van der Waals surface area contributed by atoms with Gasteiger partial charge in [-0.3, -0.25) is 9.59 Å². The first kappa shape index (κ1) is 37.2. The molecule has 4 aromatic carbocycles. The van der Waals surface area contributed by atoms with Crippen LogP contribution in [-0.4, -0.2) is 48.6 Å². The van der Waals surface area contributed by atoms with Crippen molar-refractivity contribution in [2.45, 2.75) is 64.3 Å². The van der Waals surface area contributed by atoms with Gasteiger partial charge in [0.1, 0.15) is 11.8 Å². The first-order valence-corrected chi connectivity index (χ1v) is 16.8. The van der Waals surface area contributed by atoms with Gasteiger partial charge in [0.05, 0.1) is 25.2 Å². The lowest BCUT2D eigenvalue weighted by Gasteiger charge is -2.17. The average Bonchev–Trinajstić information content (AvgIpc) is 3.13. The fourth-order valence-corrected chi connectivity index (χ4v) is 5.19. The van der Waals surface area contributed by atoms with Gasteiger partial charge < -0.3 is 30.0 Å². The second-order valence-electron chi connectivity index (χ2n) is 11.9. The predicted molar refractivity (Wildman–Crippen MR) is 191 cm³/mol. The normalized spacial score (nSPS) is 11.9. The van der Waals surface area contributed by atoms with Gasteiger partial charge in [0.2, 0.25) is 5.91 Å². The van der Waals surface area contributed by atoms with E-state index in [4.69, 9.17) is 14.2 Å². The van der Waals surface area contributed by atoms with Crippen LogP contribution in [0.25, 0.3) is 0 Å². The molecule has 0 spiro atoms. The van der Waals surface area contributed by atoms with Crippen molar-refractivity contribution in [3.63, 3.8) is 0 Å². The standard InChI is InChI=1S/C40H44N2O8/c1-4-5-6-7-11-24-49-33-21-17-31(18-22-33)40(47)50-35-23-14-28(26-36(35)48-3)25-34(39(45)46)42-38(44)30-15-19-32(20-16-30)41-37(43)27(2)29-12-9-8-10-13-29/h8-10,12-23,26-27,34H,4-7,11,24-25H2,1-3H3,(H,41,43)(H,42,44)(H,45,46). The zero-order chi connectivity index (χ0) is 35.9. The number of carboxylic acids is 1. The smallest absolute Gasteiger partial charge is 0.343 e. The van der Waals surface area contributed by atoms with Crippen LogP contribution in [0.5, 0.6) is 17.2 Å². The average molecular weight is 681 g/mol. The molecule has 0 aliphatic rings. The van der Waals surface area contributed by atoms with E-state index >= 15 is 0 Å². The summed E-state index contributed by atoms with van der Waals surface area (Å²) >= 11 is 0. The second kappa shape index (κ2) is 18.8. The largest absolute Gasteiger partial charge is 0.494 e. The number of carbonyl (C=O) groups excluding carboxylic acids is 3. The quantitative estimate of drug-likeness (QED) is 0.0560. The molecule has 0 radical (unpaired) electrons. The van der Waals surface area contributed by atoms with Crippen molar-refractivity contribution in [3.05, 3.63) is 119 Å². The number of unbranched alkanes of at least 4 members (excludes halogenated alkanes) is 4. The molecule has 2 atom stereocenters. The summed E-state index contributed by atoms with van der Waals surface area (Å²) in [5.74, 6) is -1.91. The number of carbonyl (C=O) groups is 4. The third-order valence-electron chi connectivity index (χ3n) is 8.19. The fraction of sp³-hybridized carbons (Fsp3) is 0.300. The van der Waals surface area contributed by atoms with Gasteiger partial charge in [-0.25, -0.2) is 9.59 Å². The van der Waals surface area contributed by atoms with Crippen molar-refractivity contribution in [2.75, 3.05) is 19.0 Å². The number of rotatable bonds is 18. The van der Waals surface area contributed by atoms with Crippen molar-refractivity contribution in [1.29, 1.82) is 0 Å². The molecule has 50 heavy (non-hydrogen) atoms. The molecule has 262 valence electrons. The van der Waals surface area contributed by atoms with Crippen LogP contribution < -0.4 is 24.8 Å². The Morgan fingerprint density at radius 2 is 1.46 bits per heavy atom. The third-order valence-corrected chi connectivity index (χ3v) is 8.19. The Balaban J connectivity index is 1.31. The molecule has 10 nitrogen and oxygen atoms in total. The lowest BCUT2D eigenvalue weighted by Crippen LogP contribution is -2.42. The molecular formula is C40H44N2O8. The Bertz CT molecular complexity index is 1720. The molecule has 2 unspecified atom stereocenters. The zero-order valence-electron chi connectivity index (χ0n) is 28.6. The van der Waals surface area contributed by atoms with Crippen LogP contribution in [0.2, 0.25) is 0 Å². The number of hydrogen-bond acceptors (Lipinski definition) is 7. The summed E-state index contributed by atoms with van der Waals surface area (Å²) in [4.78, 5) is 50.6. The van der Waals surface area contributed by atoms with Gasteiger partial charge >= 0.3 is 11.9 Å². The minimum Gasteiger partial charge on any atom is -0.494 e. The maximum atomic E-state index is 13.0. The second-order valence-corrected chi connectivity index (χ2v) is 11.9. The molecule has 0 aromatic heterocycles. The van der Waals surface area contributed by atoms with Crippen LogP contribution >= 0.6 is 0 Å². The van der Waals surface area contributed by atoms with E-state index in [-0.39, 0.29) is 35.3 Å². The summed E-state index contributed by atoms with van der Waals surface area (Å²) in [7, 11) is 1.41. The summed E-state index contributed by atoms with van der Waals surface area (Å²) in [5.41, 5.74) is 2.48. The topological polar surface area (TPSA) is 140 Å². The number of esters is 1. The molecule has 4 rings (SSSR count). The van der Waals surface area contributed by atoms with E-state index in [0.29, 0.717) is 29.2 Å². The molecule has 0 saturated carbocycles. The Morgan fingerprint density at radius 1 is 0.780 bits per heavy atom. The number of methoxy groups -OCH3 is 1. The molecule has 0 bridgehead atoms. The minimum atomic E-state index is -1.26. The van der Waals surface area contributed by atoms with Gasteiger partial charge in [0.15, 0.2) is 11.5 Å². The lowest BCUT2D eigenvalue weighted by atomic mass is 10.0. The molecule has 0 saturated heterocycles. The summed E-state index contributed by atoms with van der Waals surface area (Å²) in [6.07, 6.45) is 5.65. The van der Waals surface area contributed by atoms with E-state index in [1.54, 1.807) is 55.5 Å².